The summed E-state index contributed by atoms with van der Waals surface area (Å²) in [6, 6.07) is 6.52. The number of carbonyl (C=O) groups excluding carboxylic acids is 2. The standard InChI is InChI=1S/C20H26N4O5S/c1-14-5-7-16(8-6-14)30(27,28)23(3)18-17(13-21-22(18)2)19(25)24-11-9-15(10-12-24)20(26)29-4/h5-8,13,15H,9-12H2,1-4H3. The van der Waals surface area contributed by atoms with Gasteiger partial charge in [0.05, 0.1) is 24.1 Å². The molecular weight excluding hydrogens is 408 g/mol. The van der Waals surface area contributed by atoms with E-state index < -0.39 is 10.0 Å². The van der Waals surface area contributed by atoms with E-state index in [0.29, 0.717) is 25.9 Å². The molecule has 10 heteroatoms. The average Bonchev–Trinajstić information content (AvgIpc) is 3.13. The van der Waals surface area contributed by atoms with Gasteiger partial charge in [-0.15, -0.1) is 0 Å². The molecule has 1 amide bonds. The van der Waals surface area contributed by atoms with Gasteiger partial charge in [-0.1, -0.05) is 17.7 Å². The third-order valence-corrected chi connectivity index (χ3v) is 7.19. The van der Waals surface area contributed by atoms with Crippen LogP contribution in [-0.4, -0.2) is 62.2 Å². The number of aryl methyl sites for hydroxylation is 2. The molecule has 1 aromatic heterocycles. The molecular formula is C20H26N4O5S. The van der Waals surface area contributed by atoms with E-state index in [0.717, 1.165) is 9.87 Å². The first-order chi connectivity index (χ1) is 14.2. The number of aromatic nitrogens is 2. The second kappa shape index (κ2) is 8.47. The predicted molar refractivity (Wildman–Crippen MR) is 111 cm³/mol. The first-order valence-electron chi connectivity index (χ1n) is 9.61. The van der Waals surface area contributed by atoms with E-state index in [1.165, 1.54) is 37.2 Å². The molecule has 1 aromatic carbocycles. The molecule has 2 aromatic rings. The van der Waals surface area contributed by atoms with Crippen LogP contribution in [0.15, 0.2) is 35.4 Å². The maximum absolute atomic E-state index is 13.1. The van der Waals surface area contributed by atoms with Crippen molar-refractivity contribution >= 4 is 27.7 Å². The Kier molecular flexibility index (Phi) is 6.16. The number of carbonyl (C=O) groups is 2. The highest BCUT2D eigenvalue weighted by Gasteiger charge is 2.33. The minimum atomic E-state index is -3.87. The fraction of sp³-hybridized carbons (Fsp3) is 0.450. The molecule has 2 heterocycles. The third kappa shape index (κ3) is 4.04. The lowest BCUT2D eigenvalue weighted by molar-refractivity contribution is -0.146. The van der Waals surface area contributed by atoms with Crippen LogP contribution in [0.1, 0.15) is 28.8 Å². The highest BCUT2D eigenvalue weighted by atomic mass is 32.2. The number of sulfonamides is 1. The number of amides is 1. The predicted octanol–water partition coefficient (Wildman–Crippen LogP) is 1.58. The summed E-state index contributed by atoms with van der Waals surface area (Å²) in [6.07, 6.45) is 2.39. The smallest absolute Gasteiger partial charge is 0.308 e. The lowest BCUT2D eigenvalue weighted by Gasteiger charge is -2.31. The summed E-state index contributed by atoms with van der Waals surface area (Å²) in [5.74, 6) is -0.617. The molecule has 0 atom stereocenters. The van der Waals surface area contributed by atoms with Crippen LogP contribution < -0.4 is 4.31 Å². The summed E-state index contributed by atoms with van der Waals surface area (Å²) < 4.78 is 33.4. The zero-order valence-electron chi connectivity index (χ0n) is 17.5. The number of esters is 1. The topological polar surface area (TPSA) is 102 Å². The fourth-order valence-corrected chi connectivity index (χ4v) is 4.83. The molecule has 1 fully saturated rings. The molecule has 0 radical (unpaired) electrons. The van der Waals surface area contributed by atoms with E-state index in [-0.39, 0.29) is 34.1 Å². The van der Waals surface area contributed by atoms with Gasteiger partial charge in [0.1, 0.15) is 5.56 Å². The van der Waals surface area contributed by atoms with E-state index in [4.69, 9.17) is 4.74 Å². The first-order valence-corrected chi connectivity index (χ1v) is 11.1. The number of nitrogens with zero attached hydrogens (tertiary/aromatic N) is 4. The molecule has 1 aliphatic rings. The molecule has 1 saturated heterocycles. The maximum Gasteiger partial charge on any atom is 0.308 e. The number of hydrogen-bond donors (Lipinski definition) is 0. The number of likely N-dealkylation sites (tertiary alicyclic amines) is 1. The minimum Gasteiger partial charge on any atom is -0.469 e. The van der Waals surface area contributed by atoms with Crippen molar-refractivity contribution in [3.63, 3.8) is 0 Å². The normalized spacial score (nSPS) is 15.1. The Bertz CT molecular complexity index is 1040. The summed E-state index contributed by atoms with van der Waals surface area (Å²) in [4.78, 5) is 26.6. The fourth-order valence-electron chi connectivity index (χ4n) is 3.59. The number of ether oxygens (including phenoxy) is 1. The molecule has 3 rings (SSSR count). The molecule has 162 valence electrons. The van der Waals surface area contributed by atoms with Crippen molar-refractivity contribution in [1.29, 1.82) is 0 Å². The van der Waals surface area contributed by atoms with Gasteiger partial charge in [0.25, 0.3) is 15.9 Å². The molecule has 0 N–H and O–H groups in total. The van der Waals surface area contributed by atoms with Crippen molar-refractivity contribution in [3.05, 3.63) is 41.6 Å². The monoisotopic (exact) mass is 434 g/mol. The summed E-state index contributed by atoms with van der Waals surface area (Å²) in [5.41, 5.74) is 1.15. The van der Waals surface area contributed by atoms with Gasteiger partial charge in [-0.25, -0.2) is 8.42 Å². The van der Waals surface area contributed by atoms with Crippen LogP contribution in [0.3, 0.4) is 0 Å². The summed E-state index contributed by atoms with van der Waals surface area (Å²) in [6.45, 7) is 2.66. The van der Waals surface area contributed by atoms with Gasteiger partial charge in [0.2, 0.25) is 0 Å². The van der Waals surface area contributed by atoms with Crippen LogP contribution in [0.4, 0.5) is 5.82 Å². The number of benzene rings is 1. The molecule has 0 bridgehead atoms. The maximum atomic E-state index is 13.1. The van der Waals surface area contributed by atoms with Crippen molar-refractivity contribution in [1.82, 2.24) is 14.7 Å². The molecule has 30 heavy (non-hydrogen) atoms. The van der Waals surface area contributed by atoms with Crippen LogP contribution in [0.2, 0.25) is 0 Å². The van der Waals surface area contributed by atoms with Crippen molar-refractivity contribution in [2.24, 2.45) is 13.0 Å². The molecule has 0 saturated carbocycles. The van der Waals surface area contributed by atoms with E-state index >= 15 is 0 Å². The van der Waals surface area contributed by atoms with Crippen LogP contribution in [0.5, 0.6) is 0 Å². The summed E-state index contributed by atoms with van der Waals surface area (Å²) in [7, 11) is 0.486. The highest BCUT2D eigenvalue weighted by Crippen LogP contribution is 2.28. The SMILES string of the molecule is COC(=O)C1CCN(C(=O)c2cnn(C)c2N(C)S(=O)(=O)c2ccc(C)cc2)CC1. The van der Waals surface area contributed by atoms with Crippen LogP contribution >= 0.6 is 0 Å². The number of hydrogen-bond acceptors (Lipinski definition) is 6. The van der Waals surface area contributed by atoms with Crippen LogP contribution in [0.25, 0.3) is 0 Å². The zero-order chi connectivity index (χ0) is 22.1. The van der Waals surface area contributed by atoms with Gasteiger partial charge in [0, 0.05) is 27.2 Å². The lowest BCUT2D eigenvalue weighted by Crippen LogP contribution is -2.41. The first kappa shape index (κ1) is 21.8. The Hall–Kier alpha value is -2.88. The molecule has 0 unspecified atom stereocenters. The quantitative estimate of drug-likeness (QED) is 0.662. The van der Waals surface area contributed by atoms with E-state index in [2.05, 4.69) is 5.10 Å². The number of piperidine rings is 1. The van der Waals surface area contributed by atoms with Crippen molar-refractivity contribution in [3.8, 4) is 0 Å². The van der Waals surface area contributed by atoms with Gasteiger partial charge in [-0.3, -0.25) is 18.6 Å². The van der Waals surface area contributed by atoms with E-state index in [9.17, 15) is 18.0 Å². The Morgan fingerprint density at radius 1 is 1.17 bits per heavy atom. The number of anilines is 1. The minimum absolute atomic E-state index is 0.133. The summed E-state index contributed by atoms with van der Waals surface area (Å²) >= 11 is 0. The Morgan fingerprint density at radius 2 is 1.77 bits per heavy atom. The van der Waals surface area contributed by atoms with Gasteiger partial charge in [-0.2, -0.15) is 5.10 Å². The second-order valence-electron chi connectivity index (χ2n) is 7.38. The molecule has 9 nitrogen and oxygen atoms in total. The van der Waals surface area contributed by atoms with Crippen molar-refractivity contribution in [2.75, 3.05) is 31.6 Å². The lowest BCUT2D eigenvalue weighted by atomic mass is 9.96. The number of methoxy groups -OCH3 is 1. The van der Waals surface area contributed by atoms with E-state index in [1.807, 2.05) is 6.92 Å². The Morgan fingerprint density at radius 3 is 2.33 bits per heavy atom. The highest BCUT2D eigenvalue weighted by molar-refractivity contribution is 7.92. The van der Waals surface area contributed by atoms with Crippen LogP contribution in [0, 0.1) is 12.8 Å². The number of rotatable bonds is 5. The zero-order valence-corrected chi connectivity index (χ0v) is 18.3. The largest absolute Gasteiger partial charge is 0.469 e. The Balaban J connectivity index is 1.85. The molecule has 1 aliphatic heterocycles. The molecule has 0 spiro atoms. The van der Waals surface area contributed by atoms with Crippen molar-refractivity contribution in [2.45, 2.75) is 24.7 Å². The van der Waals surface area contributed by atoms with E-state index in [1.54, 1.807) is 24.1 Å². The summed E-state index contributed by atoms with van der Waals surface area (Å²) in [5, 5.41) is 4.12. The van der Waals surface area contributed by atoms with Gasteiger partial charge >= 0.3 is 5.97 Å². The van der Waals surface area contributed by atoms with Gasteiger partial charge in [-0.05, 0) is 31.9 Å². The Labute approximate surface area is 176 Å². The third-order valence-electron chi connectivity index (χ3n) is 5.43. The van der Waals surface area contributed by atoms with Gasteiger partial charge in [0.15, 0.2) is 5.82 Å². The van der Waals surface area contributed by atoms with Crippen LogP contribution in [-0.2, 0) is 26.6 Å². The molecule has 0 aliphatic carbocycles. The van der Waals surface area contributed by atoms with Gasteiger partial charge < -0.3 is 9.64 Å². The second-order valence-corrected chi connectivity index (χ2v) is 9.35. The average molecular weight is 435 g/mol. The van der Waals surface area contributed by atoms with Crippen molar-refractivity contribution < 1.29 is 22.7 Å².